The zero-order valence-corrected chi connectivity index (χ0v) is 16.7. The predicted octanol–water partition coefficient (Wildman–Crippen LogP) is 3.64. The molecule has 1 aromatic heterocycles. The van der Waals surface area contributed by atoms with Gasteiger partial charge >= 0.3 is 6.03 Å². The van der Waals surface area contributed by atoms with Crippen molar-refractivity contribution in [1.29, 1.82) is 0 Å². The van der Waals surface area contributed by atoms with Gasteiger partial charge in [0.05, 0.1) is 12.4 Å². The standard InChI is InChI=1S/C22H31N5O/c1-17(18-5-4-8-21(15-18)27-14-11-23-16-27)24-22(28)25-19-9-12-26(13-10-19)20-6-2-3-7-20/h4-5,8,11,14-17,19-20H,2-3,6-7,9-10,12-13H2,1H3,(H2,24,25,28)/t17-/m1/s1. The molecule has 1 saturated carbocycles. The summed E-state index contributed by atoms with van der Waals surface area (Å²) in [5.74, 6) is 0. The fourth-order valence-corrected chi connectivity index (χ4v) is 4.55. The molecule has 0 radical (unpaired) electrons. The summed E-state index contributed by atoms with van der Waals surface area (Å²) in [5, 5.41) is 6.27. The van der Waals surface area contributed by atoms with Crippen LogP contribution < -0.4 is 10.6 Å². The number of carbonyl (C=O) groups excluding carboxylic acids is 1. The molecule has 150 valence electrons. The Kier molecular flexibility index (Phi) is 5.95. The van der Waals surface area contributed by atoms with Gasteiger partial charge in [0, 0.05) is 43.3 Å². The molecule has 4 rings (SSSR count). The van der Waals surface area contributed by atoms with Crippen LogP contribution in [0, 0.1) is 0 Å². The minimum absolute atomic E-state index is 0.0537. The van der Waals surface area contributed by atoms with Crippen molar-refractivity contribution in [3.05, 3.63) is 48.5 Å². The van der Waals surface area contributed by atoms with Crippen LogP contribution in [0.1, 0.15) is 57.1 Å². The van der Waals surface area contributed by atoms with E-state index in [9.17, 15) is 4.79 Å². The lowest BCUT2D eigenvalue weighted by molar-refractivity contribution is 0.145. The van der Waals surface area contributed by atoms with Gasteiger partial charge in [-0.05, 0) is 50.3 Å². The summed E-state index contributed by atoms with van der Waals surface area (Å²) in [5.41, 5.74) is 2.13. The highest BCUT2D eigenvalue weighted by atomic mass is 16.2. The summed E-state index contributed by atoms with van der Waals surface area (Å²) < 4.78 is 1.97. The molecule has 2 N–H and O–H groups in total. The summed E-state index contributed by atoms with van der Waals surface area (Å²) in [7, 11) is 0. The van der Waals surface area contributed by atoms with Crippen LogP contribution >= 0.6 is 0 Å². The largest absolute Gasteiger partial charge is 0.335 e. The molecule has 28 heavy (non-hydrogen) atoms. The highest BCUT2D eigenvalue weighted by Gasteiger charge is 2.27. The third-order valence-electron chi connectivity index (χ3n) is 6.23. The Bertz CT molecular complexity index is 761. The molecule has 1 aliphatic carbocycles. The lowest BCUT2D eigenvalue weighted by Crippen LogP contribution is -2.50. The Morgan fingerprint density at radius 2 is 1.96 bits per heavy atom. The fourth-order valence-electron chi connectivity index (χ4n) is 4.55. The number of carbonyl (C=O) groups is 1. The first-order valence-corrected chi connectivity index (χ1v) is 10.6. The number of hydrogen-bond acceptors (Lipinski definition) is 3. The Labute approximate surface area is 167 Å². The maximum Gasteiger partial charge on any atom is 0.315 e. The monoisotopic (exact) mass is 381 g/mol. The topological polar surface area (TPSA) is 62.2 Å². The number of nitrogens with zero attached hydrogens (tertiary/aromatic N) is 3. The van der Waals surface area contributed by atoms with Crippen LogP contribution in [0.3, 0.4) is 0 Å². The van der Waals surface area contributed by atoms with E-state index in [1.165, 1.54) is 25.7 Å². The van der Waals surface area contributed by atoms with Gasteiger partial charge in [-0.3, -0.25) is 0 Å². The van der Waals surface area contributed by atoms with E-state index in [0.29, 0.717) is 0 Å². The van der Waals surface area contributed by atoms with E-state index in [1.54, 1.807) is 12.5 Å². The van der Waals surface area contributed by atoms with Crippen LogP contribution in [0.25, 0.3) is 5.69 Å². The van der Waals surface area contributed by atoms with Crippen LogP contribution in [-0.4, -0.2) is 45.7 Å². The molecule has 0 unspecified atom stereocenters. The second-order valence-electron chi connectivity index (χ2n) is 8.15. The van der Waals surface area contributed by atoms with Crippen molar-refractivity contribution in [3.8, 4) is 5.69 Å². The molecule has 2 heterocycles. The number of piperidine rings is 1. The summed E-state index contributed by atoms with van der Waals surface area (Å²) in [6, 6.07) is 9.13. The minimum atomic E-state index is -0.0696. The number of likely N-dealkylation sites (tertiary alicyclic amines) is 1. The molecule has 2 aromatic rings. The normalized spacial score (nSPS) is 20.2. The summed E-state index contributed by atoms with van der Waals surface area (Å²) >= 11 is 0. The molecule has 1 atom stereocenters. The molecule has 1 aromatic carbocycles. The third-order valence-corrected chi connectivity index (χ3v) is 6.23. The average Bonchev–Trinajstić information content (AvgIpc) is 3.43. The Hall–Kier alpha value is -2.34. The molecule has 2 aliphatic rings. The Balaban J connectivity index is 1.26. The number of benzene rings is 1. The SMILES string of the molecule is C[C@@H](NC(=O)NC1CCN(C2CCCC2)CC1)c1cccc(-n2ccnc2)c1. The van der Waals surface area contributed by atoms with E-state index in [0.717, 1.165) is 43.2 Å². The first-order chi connectivity index (χ1) is 13.7. The Morgan fingerprint density at radius 1 is 1.18 bits per heavy atom. The number of amides is 2. The number of rotatable bonds is 5. The van der Waals surface area contributed by atoms with Crippen LogP contribution in [0.5, 0.6) is 0 Å². The molecule has 6 nitrogen and oxygen atoms in total. The second-order valence-corrected chi connectivity index (χ2v) is 8.15. The van der Waals surface area contributed by atoms with E-state index in [4.69, 9.17) is 0 Å². The van der Waals surface area contributed by atoms with Gasteiger partial charge < -0.3 is 20.1 Å². The van der Waals surface area contributed by atoms with E-state index in [-0.39, 0.29) is 18.1 Å². The van der Waals surface area contributed by atoms with Crippen LogP contribution in [0.2, 0.25) is 0 Å². The highest BCUT2D eigenvalue weighted by molar-refractivity contribution is 5.74. The van der Waals surface area contributed by atoms with Gasteiger partial charge in [0.1, 0.15) is 0 Å². The van der Waals surface area contributed by atoms with Crippen LogP contribution in [-0.2, 0) is 0 Å². The van der Waals surface area contributed by atoms with Gasteiger partial charge in [-0.25, -0.2) is 9.78 Å². The fraction of sp³-hybridized carbons (Fsp3) is 0.545. The molecule has 2 fully saturated rings. The van der Waals surface area contributed by atoms with Gasteiger partial charge in [0.2, 0.25) is 0 Å². The maximum atomic E-state index is 12.5. The summed E-state index contributed by atoms with van der Waals surface area (Å²) in [4.78, 5) is 19.2. The second kappa shape index (κ2) is 8.78. The lowest BCUT2D eigenvalue weighted by Gasteiger charge is -2.36. The molecule has 6 heteroatoms. The first kappa shape index (κ1) is 19.0. The van der Waals surface area contributed by atoms with Gasteiger partial charge in [-0.1, -0.05) is 25.0 Å². The molecular weight excluding hydrogens is 350 g/mol. The van der Waals surface area contributed by atoms with Crippen molar-refractivity contribution < 1.29 is 4.79 Å². The number of nitrogens with one attached hydrogen (secondary N) is 2. The Morgan fingerprint density at radius 3 is 2.68 bits per heavy atom. The number of imidazole rings is 1. The molecule has 0 bridgehead atoms. The zero-order chi connectivity index (χ0) is 19.3. The lowest BCUT2D eigenvalue weighted by atomic mass is 10.0. The summed E-state index contributed by atoms with van der Waals surface area (Å²) in [6.07, 6.45) is 13.0. The number of urea groups is 1. The van der Waals surface area contributed by atoms with Gasteiger partial charge in [0.15, 0.2) is 0 Å². The van der Waals surface area contributed by atoms with E-state index >= 15 is 0 Å². The van der Waals surface area contributed by atoms with Gasteiger partial charge in [0.25, 0.3) is 0 Å². The predicted molar refractivity (Wildman–Crippen MR) is 110 cm³/mol. The van der Waals surface area contributed by atoms with Gasteiger partial charge in [-0.15, -0.1) is 0 Å². The minimum Gasteiger partial charge on any atom is -0.335 e. The maximum absolute atomic E-state index is 12.5. The van der Waals surface area contributed by atoms with Crippen molar-refractivity contribution in [2.24, 2.45) is 0 Å². The molecule has 2 amide bonds. The van der Waals surface area contributed by atoms with Crippen LogP contribution in [0.4, 0.5) is 4.79 Å². The zero-order valence-electron chi connectivity index (χ0n) is 16.7. The van der Waals surface area contributed by atoms with Crippen molar-refractivity contribution >= 4 is 6.03 Å². The van der Waals surface area contributed by atoms with Crippen molar-refractivity contribution in [3.63, 3.8) is 0 Å². The molecule has 1 aliphatic heterocycles. The smallest absolute Gasteiger partial charge is 0.315 e. The third kappa shape index (κ3) is 4.55. The van der Waals surface area contributed by atoms with E-state index in [1.807, 2.05) is 35.9 Å². The van der Waals surface area contributed by atoms with Crippen LogP contribution in [0.15, 0.2) is 43.0 Å². The summed E-state index contributed by atoms with van der Waals surface area (Å²) in [6.45, 7) is 4.24. The molecular formula is C22H31N5O. The highest BCUT2D eigenvalue weighted by Crippen LogP contribution is 2.26. The molecule has 0 spiro atoms. The van der Waals surface area contributed by atoms with Crippen molar-refractivity contribution in [1.82, 2.24) is 25.1 Å². The van der Waals surface area contributed by atoms with Crippen molar-refractivity contribution in [2.75, 3.05) is 13.1 Å². The van der Waals surface area contributed by atoms with Gasteiger partial charge in [-0.2, -0.15) is 0 Å². The van der Waals surface area contributed by atoms with E-state index in [2.05, 4.69) is 26.6 Å². The first-order valence-electron chi connectivity index (χ1n) is 10.6. The average molecular weight is 382 g/mol. The molecule has 1 saturated heterocycles. The number of hydrogen-bond donors (Lipinski definition) is 2. The van der Waals surface area contributed by atoms with E-state index < -0.39 is 0 Å². The number of aromatic nitrogens is 2. The van der Waals surface area contributed by atoms with Crippen molar-refractivity contribution in [2.45, 2.75) is 63.6 Å². The quantitative estimate of drug-likeness (QED) is 0.831.